The van der Waals surface area contributed by atoms with Crippen LogP contribution in [0.2, 0.25) is 0 Å². The number of nitrogens with one attached hydrogen (secondary N) is 1. The van der Waals surface area contributed by atoms with Gasteiger partial charge in [0.05, 0.1) is 12.1 Å². The summed E-state index contributed by atoms with van der Waals surface area (Å²) in [6.07, 6.45) is 1.48. The largest absolute Gasteiger partial charge is 0.388 e. The zero-order valence-electron chi connectivity index (χ0n) is 12.1. The van der Waals surface area contributed by atoms with Crippen LogP contribution in [-0.2, 0) is 4.79 Å². The molecule has 0 radical (unpaired) electrons. The van der Waals surface area contributed by atoms with E-state index in [2.05, 4.69) is 5.32 Å². The van der Waals surface area contributed by atoms with Crippen LogP contribution in [0.1, 0.15) is 44.8 Å². The molecule has 3 atom stereocenters. The van der Waals surface area contributed by atoms with Crippen molar-refractivity contribution in [1.29, 1.82) is 0 Å². The van der Waals surface area contributed by atoms with Crippen molar-refractivity contribution in [2.24, 2.45) is 5.73 Å². The third-order valence-electron chi connectivity index (χ3n) is 3.09. The van der Waals surface area contributed by atoms with E-state index in [1.54, 1.807) is 0 Å². The molecule has 0 aromatic heterocycles. The van der Waals surface area contributed by atoms with Crippen molar-refractivity contribution in [3.8, 4) is 0 Å². The first-order chi connectivity index (χ1) is 9.04. The van der Waals surface area contributed by atoms with Crippen molar-refractivity contribution < 1.29 is 9.90 Å². The van der Waals surface area contributed by atoms with Gasteiger partial charge in [-0.15, -0.1) is 12.4 Å². The molecular weight excluding hydrogens is 276 g/mol. The van der Waals surface area contributed by atoms with Crippen LogP contribution in [0, 0.1) is 0 Å². The Labute approximate surface area is 127 Å². The SMILES string of the molecule is CCCC(N)C(=O)NC(C)CC(O)c1ccccc1.Cl. The summed E-state index contributed by atoms with van der Waals surface area (Å²) < 4.78 is 0. The van der Waals surface area contributed by atoms with Crippen LogP contribution in [0.15, 0.2) is 30.3 Å². The standard InChI is InChI=1S/C15H24N2O2.ClH/c1-3-7-13(16)15(19)17-11(2)10-14(18)12-8-5-4-6-9-12;/h4-6,8-9,11,13-14,18H,3,7,10,16H2,1-2H3,(H,17,19);1H. The van der Waals surface area contributed by atoms with Crippen LogP contribution >= 0.6 is 12.4 Å². The van der Waals surface area contributed by atoms with E-state index in [0.29, 0.717) is 12.8 Å². The number of aliphatic hydroxyl groups is 1. The van der Waals surface area contributed by atoms with Gasteiger partial charge in [-0.05, 0) is 25.3 Å². The number of amides is 1. The summed E-state index contributed by atoms with van der Waals surface area (Å²) in [6, 6.07) is 8.87. The summed E-state index contributed by atoms with van der Waals surface area (Å²) in [6.45, 7) is 3.87. The Morgan fingerprint density at radius 2 is 1.95 bits per heavy atom. The zero-order chi connectivity index (χ0) is 14.3. The van der Waals surface area contributed by atoms with Crippen molar-refractivity contribution in [3.05, 3.63) is 35.9 Å². The lowest BCUT2D eigenvalue weighted by Gasteiger charge is -2.20. The van der Waals surface area contributed by atoms with Gasteiger partial charge in [-0.25, -0.2) is 0 Å². The fraction of sp³-hybridized carbons (Fsp3) is 0.533. The van der Waals surface area contributed by atoms with Crippen LogP contribution in [0.25, 0.3) is 0 Å². The predicted octanol–water partition coefficient (Wildman–Crippen LogP) is 2.16. The van der Waals surface area contributed by atoms with Gasteiger partial charge in [0.1, 0.15) is 0 Å². The van der Waals surface area contributed by atoms with Crippen LogP contribution < -0.4 is 11.1 Å². The molecule has 1 aromatic rings. The maximum Gasteiger partial charge on any atom is 0.237 e. The number of benzene rings is 1. The summed E-state index contributed by atoms with van der Waals surface area (Å²) in [5.74, 6) is -0.144. The van der Waals surface area contributed by atoms with Crippen LogP contribution in [-0.4, -0.2) is 23.1 Å². The molecule has 1 amide bonds. The van der Waals surface area contributed by atoms with Crippen LogP contribution in [0.4, 0.5) is 0 Å². The highest BCUT2D eigenvalue weighted by molar-refractivity contribution is 5.85. The minimum atomic E-state index is -0.570. The van der Waals surface area contributed by atoms with Crippen molar-refractivity contribution >= 4 is 18.3 Å². The van der Waals surface area contributed by atoms with Crippen molar-refractivity contribution in [1.82, 2.24) is 5.32 Å². The molecule has 3 unspecified atom stereocenters. The van der Waals surface area contributed by atoms with Gasteiger partial charge in [-0.3, -0.25) is 4.79 Å². The third-order valence-corrected chi connectivity index (χ3v) is 3.09. The van der Waals surface area contributed by atoms with Crippen LogP contribution in [0.3, 0.4) is 0 Å². The second-order valence-electron chi connectivity index (χ2n) is 4.97. The van der Waals surface area contributed by atoms with E-state index in [1.165, 1.54) is 0 Å². The van der Waals surface area contributed by atoms with Gasteiger partial charge in [0.25, 0.3) is 0 Å². The van der Waals surface area contributed by atoms with Crippen LogP contribution in [0.5, 0.6) is 0 Å². The minimum Gasteiger partial charge on any atom is -0.388 e. The molecule has 4 nitrogen and oxygen atoms in total. The first-order valence-electron chi connectivity index (χ1n) is 6.83. The molecule has 0 saturated carbocycles. The summed E-state index contributed by atoms with van der Waals surface area (Å²) in [4.78, 5) is 11.7. The molecular formula is C15H25ClN2O2. The molecule has 114 valence electrons. The van der Waals surface area contributed by atoms with Gasteiger partial charge < -0.3 is 16.2 Å². The number of hydrogen-bond donors (Lipinski definition) is 3. The van der Waals surface area contributed by atoms with Gasteiger partial charge >= 0.3 is 0 Å². The number of aliphatic hydroxyl groups excluding tert-OH is 1. The van der Waals surface area contributed by atoms with Gasteiger partial charge in [0, 0.05) is 6.04 Å². The molecule has 0 saturated heterocycles. The molecule has 0 spiro atoms. The first kappa shape index (κ1) is 18.9. The fourth-order valence-corrected chi connectivity index (χ4v) is 2.00. The molecule has 0 heterocycles. The molecule has 5 heteroatoms. The van der Waals surface area contributed by atoms with Gasteiger partial charge in [-0.2, -0.15) is 0 Å². The highest BCUT2D eigenvalue weighted by Gasteiger charge is 2.17. The highest BCUT2D eigenvalue weighted by atomic mass is 35.5. The van der Waals surface area contributed by atoms with E-state index >= 15 is 0 Å². The topological polar surface area (TPSA) is 75.4 Å². The molecule has 20 heavy (non-hydrogen) atoms. The zero-order valence-corrected chi connectivity index (χ0v) is 12.9. The number of carbonyl (C=O) groups is 1. The Morgan fingerprint density at radius 3 is 2.50 bits per heavy atom. The summed E-state index contributed by atoms with van der Waals surface area (Å²) in [5, 5.41) is 12.9. The molecule has 1 rings (SSSR count). The Morgan fingerprint density at radius 1 is 1.35 bits per heavy atom. The maximum absolute atomic E-state index is 11.7. The number of nitrogens with two attached hydrogens (primary N) is 1. The van der Waals surface area contributed by atoms with Gasteiger partial charge in [-0.1, -0.05) is 43.7 Å². The van der Waals surface area contributed by atoms with E-state index in [-0.39, 0.29) is 24.4 Å². The Balaban J connectivity index is 0.00000361. The summed E-state index contributed by atoms with van der Waals surface area (Å²) in [5.41, 5.74) is 6.61. The molecule has 0 aliphatic carbocycles. The minimum absolute atomic E-state index is 0. The molecule has 0 bridgehead atoms. The molecule has 4 N–H and O–H groups in total. The Hall–Kier alpha value is -1.10. The predicted molar refractivity (Wildman–Crippen MR) is 83.8 cm³/mol. The molecule has 0 aliphatic heterocycles. The van der Waals surface area contributed by atoms with E-state index in [0.717, 1.165) is 12.0 Å². The fourth-order valence-electron chi connectivity index (χ4n) is 2.00. The average molecular weight is 301 g/mol. The van der Waals surface area contributed by atoms with E-state index < -0.39 is 12.1 Å². The Bertz CT molecular complexity index is 387. The van der Waals surface area contributed by atoms with E-state index in [1.807, 2.05) is 44.2 Å². The van der Waals surface area contributed by atoms with Gasteiger partial charge in [0.15, 0.2) is 0 Å². The second-order valence-corrected chi connectivity index (χ2v) is 4.97. The van der Waals surface area contributed by atoms with Crippen molar-refractivity contribution in [3.63, 3.8) is 0 Å². The quantitative estimate of drug-likeness (QED) is 0.722. The van der Waals surface area contributed by atoms with Crippen molar-refractivity contribution in [2.75, 3.05) is 0 Å². The maximum atomic E-state index is 11.7. The normalized spacial score (nSPS) is 14.8. The Kier molecular flexibility index (Phi) is 9.21. The third kappa shape index (κ3) is 6.37. The number of rotatable bonds is 7. The monoisotopic (exact) mass is 300 g/mol. The lowest BCUT2D eigenvalue weighted by Crippen LogP contribution is -2.44. The summed E-state index contributed by atoms with van der Waals surface area (Å²) >= 11 is 0. The number of carbonyl (C=O) groups excluding carboxylic acids is 1. The molecule has 0 aliphatic rings. The highest BCUT2D eigenvalue weighted by Crippen LogP contribution is 2.17. The first-order valence-corrected chi connectivity index (χ1v) is 6.83. The summed E-state index contributed by atoms with van der Waals surface area (Å²) in [7, 11) is 0. The molecule has 0 fully saturated rings. The molecule has 1 aromatic carbocycles. The van der Waals surface area contributed by atoms with Gasteiger partial charge in [0.2, 0.25) is 5.91 Å². The van der Waals surface area contributed by atoms with E-state index in [9.17, 15) is 9.90 Å². The number of halogens is 1. The average Bonchev–Trinajstić information content (AvgIpc) is 2.39. The van der Waals surface area contributed by atoms with E-state index in [4.69, 9.17) is 5.73 Å². The van der Waals surface area contributed by atoms with Crippen molar-refractivity contribution in [2.45, 2.75) is 51.3 Å². The lowest BCUT2D eigenvalue weighted by molar-refractivity contribution is -0.123. The smallest absolute Gasteiger partial charge is 0.237 e. The lowest BCUT2D eigenvalue weighted by atomic mass is 10.0. The second kappa shape index (κ2) is 9.75. The number of hydrogen-bond acceptors (Lipinski definition) is 3.